The predicted octanol–water partition coefficient (Wildman–Crippen LogP) is 3.64. The third-order valence-electron chi connectivity index (χ3n) is 5.16. The van der Waals surface area contributed by atoms with Crippen molar-refractivity contribution >= 4 is 12.0 Å². The first-order chi connectivity index (χ1) is 12.6. The van der Waals surface area contributed by atoms with Gasteiger partial charge in [0.2, 0.25) is 0 Å². The molecule has 26 heavy (non-hydrogen) atoms. The van der Waals surface area contributed by atoms with Gasteiger partial charge in [0.15, 0.2) is 0 Å². The van der Waals surface area contributed by atoms with Gasteiger partial charge in [-0.3, -0.25) is 10.0 Å². The summed E-state index contributed by atoms with van der Waals surface area (Å²) in [4.78, 5) is 11.1. The Kier molecular flexibility index (Phi) is 5.86. The molecule has 2 aromatic rings. The molecule has 1 atom stereocenters. The Morgan fingerprint density at radius 1 is 1.19 bits per heavy atom. The van der Waals surface area contributed by atoms with Crippen molar-refractivity contribution in [1.29, 1.82) is 0 Å². The Hall–Kier alpha value is -2.43. The van der Waals surface area contributed by atoms with Crippen LogP contribution in [0.2, 0.25) is 0 Å². The number of fused-ring (bicyclic) bond motifs is 1. The molecule has 0 fully saturated rings. The van der Waals surface area contributed by atoms with Gasteiger partial charge in [-0.2, -0.15) is 0 Å². The van der Waals surface area contributed by atoms with Crippen molar-refractivity contribution in [1.82, 2.24) is 10.8 Å². The van der Waals surface area contributed by atoms with E-state index in [1.165, 1.54) is 33.9 Å². The highest BCUT2D eigenvalue weighted by Crippen LogP contribution is 2.32. The van der Waals surface area contributed by atoms with E-state index >= 15 is 0 Å². The molecule has 0 bridgehead atoms. The van der Waals surface area contributed by atoms with Gasteiger partial charge in [0, 0.05) is 12.1 Å². The zero-order chi connectivity index (χ0) is 18.5. The first-order valence-electron chi connectivity index (χ1n) is 9.11. The highest BCUT2D eigenvalue weighted by Gasteiger charge is 2.21. The van der Waals surface area contributed by atoms with Gasteiger partial charge >= 0.3 is 0 Å². The van der Waals surface area contributed by atoms with Gasteiger partial charge in [-0.25, -0.2) is 5.48 Å². The molecule has 4 heteroatoms. The normalized spacial score (nSPS) is 16.0. The van der Waals surface area contributed by atoms with Crippen LogP contribution in [0.1, 0.15) is 45.8 Å². The summed E-state index contributed by atoms with van der Waals surface area (Å²) in [6.07, 6.45) is 6.23. The van der Waals surface area contributed by atoms with E-state index in [9.17, 15) is 4.79 Å². The Bertz CT molecular complexity index is 827. The Morgan fingerprint density at radius 2 is 2.04 bits per heavy atom. The minimum absolute atomic E-state index is 0.398. The van der Waals surface area contributed by atoms with Gasteiger partial charge in [0.25, 0.3) is 5.91 Å². The Balaban J connectivity index is 1.58. The molecular weight excluding hydrogens is 324 g/mol. The second kappa shape index (κ2) is 8.30. The average Bonchev–Trinajstić information content (AvgIpc) is 3.05. The molecule has 0 saturated heterocycles. The molecule has 3 N–H and O–H groups in total. The summed E-state index contributed by atoms with van der Waals surface area (Å²) >= 11 is 0. The summed E-state index contributed by atoms with van der Waals surface area (Å²) in [6.45, 7) is 5.27. The number of hydrogen-bond acceptors (Lipinski definition) is 3. The fourth-order valence-electron chi connectivity index (χ4n) is 3.51. The maximum Gasteiger partial charge on any atom is 0.267 e. The summed E-state index contributed by atoms with van der Waals surface area (Å²) in [5, 5.41) is 12.2. The highest BCUT2D eigenvalue weighted by molar-refractivity contribution is 5.90. The van der Waals surface area contributed by atoms with E-state index in [0.29, 0.717) is 6.04 Å². The van der Waals surface area contributed by atoms with Crippen LogP contribution in [0.15, 0.2) is 42.5 Å². The Labute approximate surface area is 154 Å². The number of rotatable bonds is 6. The van der Waals surface area contributed by atoms with Crippen LogP contribution in [0.5, 0.6) is 0 Å². The lowest BCUT2D eigenvalue weighted by molar-refractivity contribution is -0.124. The zero-order valence-electron chi connectivity index (χ0n) is 15.4. The van der Waals surface area contributed by atoms with Crippen molar-refractivity contribution in [2.24, 2.45) is 0 Å². The summed E-state index contributed by atoms with van der Waals surface area (Å²) in [5.74, 6) is -0.517. The van der Waals surface area contributed by atoms with Crippen molar-refractivity contribution in [2.45, 2.75) is 39.2 Å². The number of aryl methyl sites for hydroxylation is 3. The fraction of sp³-hybridized carbons (Fsp3) is 0.318. The van der Waals surface area contributed by atoms with Crippen LogP contribution in [-0.2, 0) is 17.6 Å². The van der Waals surface area contributed by atoms with Crippen LogP contribution < -0.4 is 10.8 Å². The molecule has 0 heterocycles. The number of carbonyl (C=O) groups is 1. The lowest BCUT2D eigenvalue weighted by Gasteiger charge is -2.14. The van der Waals surface area contributed by atoms with Crippen LogP contribution in [0.25, 0.3) is 6.08 Å². The molecular formula is C22H26N2O2. The predicted molar refractivity (Wildman–Crippen MR) is 104 cm³/mol. The summed E-state index contributed by atoms with van der Waals surface area (Å²) in [7, 11) is 0. The molecule has 0 spiro atoms. The monoisotopic (exact) mass is 350 g/mol. The fourth-order valence-corrected chi connectivity index (χ4v) is 3.51. The first-order valence-corrected chi connectivity index (χ1v) is 9.11. The van der Waals surface area contributed by atoms with Crippen molar-refractivity contribution in [3.8, 4) is 0 Å². The van der Waals surface area contributed by atoms with Gasteiger partial charge in [-0.1, -0.05) is 36.4 Å². The van der Waals surface area contributed by atoms with E-state index in [1.807, 2.05) is 6.07 Å². The van der Waals surface area contributed by atoms with Gasteiger partial charge < -0.3 is 5.32 Å². The number of carbonyl (C=O) groups excluding carboxylic acids is 1. The number of hydrogen-bond donors (Lipinski definition) is 3. The third kappa shape index (κ3) is 4.40. The van der Waals surface area contributed by atoms with Gasteiger partial charge in [-0.05, 0) is 79.1 Å². The number of hydroxylamine groups is 1. The number of nitrogens with one attached hydrogen (secondary N) is 2. The van der Waals surface area contributed by atoms with Crippen molar-refractivity contribution < 1.29 is 10.0 Å². The largest absolute Gasteiger partial charge is 0.310 e. The number of amides is 1. The van der Waals surface area contributed by atoms with Gasteiger partial charge in [-0.15, -0.1) is 0 Å². The molecule has 1 aliphatic rings. The topological polar surface area (TPSA) is 61.4 Å². The SMILES string of the molecule is Cc1ccc(CCNC2CCc3cc(/C=C/C(=O)NO)ccc32)cc1C. The lowest BCUT2D eigenvalue weighted by atomic mass is 10.0. The van der Waals surface area contributed by atoms with E-state index in [1.54, 1.807) is 11.6 Å². The molecule has 1 amide bonds. The number of benzene rings is 2. The smallest absolute Gasteiger partial charge is 0.267 e. The molecule has 3 rings (SSSR count). The zero-order valence-corrected chi connectivity index (χ0v) is 15.4. The van der Waals surface area contributed by atoms with E-state index < -0.39 is 5.91 Å². The van der Waals surface area contributed by atoms with Gasteiger partial charge in [0.1, 0.15) is 0 Å². The molecule has 4 nitrogen and oxygen atoms in total. The van der Waals surface area contributed by atoms with Crippen LogP contribution in [0.4, 0.5) is 0 Å². The quantitative estimate of drug-likeness (QED) is 0.423. The second-order valence-electron chi connectivity index (χ2n) is 6.98. The minimum Gasteiger partial charge on any atom is -0.310 e. The molecule has 2 aromatic carbocycles. The molecule has 0 aromatic heterocycles. The summed E-state index contributed by atoms with van der Waals surface area (Å²) < 4.78 is 0. The second-order valence-corrected chi connectivity index (χ2v) is 6.98. The summed E-state index contributed by atoms with van der Waals surface area (Å²) in [6, 6.07) is 13.4. The highest BCUT2D eigenvalue weighted by atomic mass is 16.5. The maximum atomic E-state index is 11.1. The van der Waals surface area contributed by atoms with Crippen molar-refractivity contribution in [3.05, 3.63) is 75.9 Å². The molecule has 0 aliphatic heterocycles. The van der Waals surface area contributed by atoms with Gasteiger partial charge in [0.05, 0.1) is 0 Å². The molecule has 1 unspecified atom stereocenters. The van der Waals surface area contributed by atoms with Crippen LogP contribution in [0.3, 0.4) is 0 Å². The van der Waals surface area contributed by atoms with E-state index in [4.69, 9.17) is 5.21 Å². The Morgan fingerprint density at radius 3 is 2.81 bits per heavy atom. The molecule has 1 aliphatic carbocycles. The van der Waals surface area contributed by atoms with Crippen LogP contribution >= 0.6 is 0 Å². The molecule has 136 valence electrons. The first kappa shape index (κ1) is 18.4. The standard InChI is InChI=1S/C22H26N2O2/c1-15-3-4-18(13-16(15)2)11-12-23-21-9-7-19-14-17(5-8-20(19)21)6-10-22(25)24-26/h3-6,8,10,13-14,21,23,26H,7,9,11-12H2,1-2H3,(H,24,25)/b10-6+. The average molecular weight is 350 g/mol. The van der Waals surface area contributed by atoms with E-state index in [-0.39, 0.29) is 0 Å². The molecule has 0 radical (unpaired) electrons. The lowest BCUT2D eigenvalue weighted by Crippen LogP contribution is -2.21. The summed E-state index contributed by atoms with van der Waals surface area (Å²) in [5.41, 5.74) is 9.33. The van der Waals surface area contributed by atoms with Crippen molar-refractivity contribution in [3.63, 3.8) is 0 Å². The molecule has 0 saturated carbocycles. The maximum absolute atomic E-state index is 11.1. The third-order valence-corrected chi connectivity index (χ3v) is 5.16. The van der Waals surface area contributed by atoms with Crippen molar-refractivity contribution in [2.75, 3.05) is 6.54 Å². The van der Waals surface area contributed by atoms with E-state index in [2.05, 4.69) is 49.5 Å². The van der Waals surface area contributed by atoms with Crippen LogP contribution in [-0.4, -0.2) is 17.7 Å². The van der Waals surface area contributed by atoms with Crippen LogP contribution in [0, 0.1) is 13.8 Å². The van der Waals surface area contributed by atoms with E-state index in [0.717, 1.165) is 31.4 Å². The minimum atomic E-state index is -0.517.